The monoisotopic (exact) mass is 254 g/mol. The van der Waals surface area contributed by atoms with Crippen LogP contribution < -0.4 is 5.32 Å². The second-order valence-electron chi connectivity index (χ2n) is 5.81. The van der Waals surface area contributed by atoms with E-state index in [0.717, 1.165) is 6.20 Å². The van der Waals surface area contributed by atoms with Gasteiger partial charge in [-0.3, -0.25) is 4.79 Å². The molecule has 1 N–H and O–H groups in total. The lowest BCUT2D eigenvalue weighted by atomic mass is 10.0. The average Bonchev–Trinajstić information content (AvgIpc) is 2.65. The largest absolute Gasteiger partial charge is 0.348 e. The smallest absolute Gasteiger partial charge is 0.254 e. The van der Waals surface area contributed by atoms with E-state index in [1.807, 2.05) is 27.7 Å². The molecule has 0 aliphatic heterocycles. The molecule has 18 heavy (non-hydrogen) atoms. The van der Waals surface area contributed by atoms with Gasteiger partial charge in [0.25, 0.3) is 5.91 Å². The summed E-state index contributed by atoms with van der Waals surface area (Å²) in [7, 11) is 0. The van der Waals surface area contributed by atoms with E-state index in [1.54, 1.807) is 0 Å². The van der Waals surface area contributed by atoms with Gasteiger partial charge in [0.1, 0.15) is 0 Å². The Balaban J connectivity index is 2.18. The number of carbonyl (C=O) groups is 1. The van der Waals surface area contributed by atoms with Crippen molar-refractivity contribution in [1.82, 2.24) is 10.3 Å². The average molecular weight is 254 g/mol. The second kappa shape index (κ2) is 3.73. The number of pyridine rings is 1. The number of hydrogen-bond donors (Lipinski definition) is 1. The summed E-state index contributed by atoms with van der Waals surface area (Å²) >= 11 is 0. The molecule has 0 atom stereocenters. The molecule has 3 nitrogen and oxygen atoms in total. The molecule has 1 fully saturated rings. The molecule has 0 saturated heterocycles. The Kier molecular flexibility index (Phi) is 2.68. The maximum atomic E-state index is 13.4. The van der Waals surface area contributed by atoms with E-state index in [9.17, 15) is 13.6 Å². The first-order chi connectivity index (χ1) is 8.19. The highest BCUT2D eigenvalue weighted by Gasteiger charge is 2.65. The van der Waals surface area contributed by atoms with E-state index in [0.29, 0.717) is 0 Å². The fourth-order valence-electron chi connectivity index (χ4n) is 2.36. The van der Waals surface area contributed by atoms with Crippen molar-refractivity contribution < 1.29 is 13.6 Å². The third-order valence-corrected chi connectivity index (χ3v) is 4.39. The minimum atomic E-state index is -1.25. The molecule has 0 radical (unpaired) electrons. The molecular formula is C13H16F2N2O. The minimum Gasteiger partial charge on any atom is -0.348 e. The molecule has 1 heterocycles. The number of rotatable bonds is 2. The van der Waals surface area contributed by atoms with Crippen LogP contribution in [0.15, 0.2) is 12.3 Å². The van der Waals surface area contributed by atoms with Crippen molar-refractivity contribution in [1.29, 1.82) is 0 Å². The molecule has 98 valence electrons. The Hall–Kier alpha value is -1.52. The number of halogens is 2. The summed E-state index contributed by atoms with van der Waals surface area (Å²) < 4.78 is 26.3. The SMILES string of the molecule is CC1(C)C(NC(=O)c2ccnc(F)c2F)C1(C)C. The first-order valence-corrected chi connectivity index (χ1v) is 5.80. The summed E-state index contributed by atoms with van der Waals surface area (Å²) in [6.45, 7) is 8.12. The summed E-state index contributed by atoms with van der Waals surface area (Å²) in [6, 6.07) is 1.13. The third kappa shape index (κ3) is 1.69. The number of nitrogens with zero attached hydrogens (tertiary/aromatic N) is 1. The van der Waals surface area contributed by atoms with Gasteiger partial charge in [-0.15, -0.1) is 0 Å². The van der Waals surface area contributed by atoms with E-state index in [1.165, 1.54) is 6.07 Å². The highest BCUT2D eigenvalue weighted by Crippen LogP contribution is 2.62. The van der Waals surface area contributed by atoms with Crippen molar-refractivity contribution in [2.75, 3.05) is 0 Å². The number of amides is 1. The highest BCUT2D eigenvalue weighted by molar-refractivity contribution is 5.95. The molecule has 0 aromatic carbocycles. The van der Waals surface area contributed by atoms with Gasteiger partial charge in [0.05, 0.1) is 5.56 Å². The van der Waals surface area contributed by atoms with Crippen LogP contribution in [0.2, 0.25) is 0 Å². The van der Waals surface area contributed by atoms with Crippen molar-refractivity contribution in [2.24, 2.45) is 10.8 Å². The van der Waals surface area contributed by atoms with Gasteiger partial charge in [0.15, 0.2) is 5.82 Å². The van der Waals surface area contributed by atoms with E-state index in [-0.39, 0.29) is 22.4 Å². The van der Waals surface area contributed by atoms with Gasteiger partial charge in [-0.2, -0.15) is 4.39 Å². The Bertz CT molecular complexity index is 498. The van der Waals surface area contributed by atoms with Crippen molar-refractivity contribution in [3.8, 4) is 0 Å². The molecule has 1 saturated carbocycles. The number of nitrogens with one attached hydrogen (secondary N) is 1. The van der Waals surface area contributed by atoms with Gasteiger partial charge < -0.3 is 5.32 Å². The molecule has 1 amide bonds. The van der Waals surface area contributed by atoms with Crippen molar-refractivity contribution in [3.05, 3.63) is 29.6 Å². The van der Waals surface area contributed by atoms with Crippen molar-refractivity contribution in [3.63, 3.8) is 0 Å². The van der Waals surface area contributed by atoms with Gasteiger partial charge in [0, 0.05) is 12.2 Å². The molecule has 0 bridgehead atoms. The predicted molar refractivity (Wildman–Crippen MR) is 63.0 cm³/mol. The first-order valence-electron chi connectivity index (χ1n) is 5.80. The highest BCUT2D eigenvalue weighted by atomic mass is 19.2. The Morgan fingerprint density at radius 1 is 1.28 bits per heavy atom. The normalized spacial score (nSPS) is 20.6. The molecule has 0 unspecified atom stereocenters. The summed E-state index contributed by atoms with van der Waals surface area (Å²) in [5, 5.41) is 2.75. The Labute approximate surface area is 105 Å². The van der Waals surface area contributed by atoms with Crippen LogP contribution in [-0.4, -0.2) is 16.9 Å². The molecule has 1 aliphatic rings. The molecular weight excluding hydrogens is 238 g/mol. The molecule has 2 rings (SSSR count). The first kappa shape index (κ1) is 12.9. The van der Waals surface area contributed by atoms with Crippen LogP contribution in [0.5, 0.6) is 0 Å². The van der Waals surface area contributed by atoms with Crippen LogP contribution in [-0.2, 0) is 0 Å². The third-order valence-electron chi connectivity index (χ3n) is 4.39. The maximum Gasteiger partial charge on any atom is 0.254 e. The summed E-state index contributed by atoms with van der Waals surface area (Å²) in [4.78, 5) is 15.1. The molecule has 0 spiro atoms. The lowest BCUT2D eigenvalue weighted by molar-refractivity contribution is 0.0938. The fraction of sp³-hybridized carbons (Fsp3) is 0.538. The molecule has 1 aromatic rings. The molecule has 5 heteroatoms. The Morgan fingerprint density at radius 3 is 2.33 bits per heavy atom. The van der Waals surface area contributed by atoms with Crippen LogP contribution >= 0.6 is 0 Å². The van der Waals surface area contributed by atoms with Crippen LogP contribution in [0.4, 0.5) is 8.78 Å². The molecule has 1 aromatic heterocycles. The number of carbonyl (C=O) groups excluding carboxylic acids is 1. The van der Waals surface area contributed by atoms with Crippen LogP contribution in [0, 0.1) is 22.6 Å². The van der Waals surface area contributed by atoms with Crippen molar-refractivity contribution >= 4 is 5.91 Å². The van der Waals surface area contributed by atoms with E-state index < -0.39 is 17.7 Å². The van der Waals surface area contributed by atoms with Crippen LogP contribution in [0.3, 0.4) is 0 Å². The van der Waals surface area contributed by atoms with Gasteiger partial charge >= 0.3 is 0 Å². The zero-order valence-electron chi connectivity index (χ0n) is 10.8. The van der Waals surface area contributed by atoms with Crippen LogP contribution in [0.25, 0.3) is 0 Å². The second-order valence-corrected chi connectivity index (χ2v) is 5.81. The van der Waals surface area contributed by atoms with Gasteiger partial charge in [-0.25, -0.2) is 9.37 Å². The number of hydrogen-bond acceptors (Lipinski definition) is 2. The lowest BCUT2D eigenvalue weighted by Crippen LogP contribution is -2.30. The van der Waals surface area contributed by atoms with Gasteiger partial charge in [0.2, 0.25) is 5.95 Å². The summed E-state index contributed by atoms with van der Waals surface area (Å²) in [5.74, 6) is -3.05. The topological polar surface area (TPSA) is 42.0 Å². The summed E-state index contributed by atoms with van der Waals surface area (Å²) in [5.41, 5.74) is -0.406. The maximum absolute atomic E-state index is 13.4. The lowest BCUT2D eigenvalue weighted by Gasteiger charge is -2.07. The standard InChI is InChI=1S/C13H16F2N2O/c1-12(2)11(13(12,3)4)17-10(18)7-5-6-16-9(15)8(7)14/h5-6,11H,1-4H3,(H,17,18). The van der Waals surface area contributed by atoms with Gasteiger partial charge in [-0.05, 0) is 16.9 Å². The minimum absolute atomic E-state index is 0.0480. The van der Waals surface area contributed by atoms with Crippen LogP contribution in [0.1, 0.15) is 38.1 Å². The zero-order valence-corrected chi connectivity index (χ0v) is 10.8. The van der Waals surface area contributed by atoms with E-state index in [4.69, 9.17) is 0 Å². The number of aromatic nitrogens is 1. The Morgan fingerprint density at radius 2 is 1.83 bits per heavy atom. The predicted octanol–water partition coefficient (Wildman–Crippen LogP) is 2.52. The zero-order chi connectivity index (χ0) is 13.7. The summed E-state index contributed by atoms with van der Waals surface area (Å²) in [6.07, 6.45) is 1.08. The van der Waals surface area contributed by atoms with Crippen molar-refractivity contribution in [2.45, 2.75) is 33.7 Å². The van der Waals surface area contributed by atoms with Gasteiger partial charge in [-0.1, -0.05) is 27.7 Å². The fourth-order valence-corrected chi connectivity index (χ4v) is 2.36. The van der Waals surface area contributed by atoms with E-state index >= 15 is 0 Å². The quantitative estimate of drug-likeness (QED) is 0.824. The van der Waals surface area contributed by atoms with E-state index in [2.05, 4.69) is 10.3 Å². The molecule has 1 aliphatic carbocycles.